The number of Topliss-reactive ketones (excluding diaryl/α,β-unsaturated/α-hetero) is 1. The lowest BCUT2D eigenvalue weighted by molar-refractivity contribution is -0.120. The van der Waals surface area contributed by atoms with E-state index in [0.29, 0.717) is 24.2 Å². The van der Waals surface area contributed by atoms with Gasteiger partial charge in [-0.1, -0.05) is 6.92 Å². The average molecular weight is 197 g/mol. The van der Waals surface area contributed by atoms with Crippen LogP contribution in [0.15, 0.2) is 0 Å². The third kappa shape index (κ3) is 3.41. The highest BCUT2D eigenvalue weighted by Gasteiger charge is 2.21. The second kappa shape index (κ2) is 5.50. The fourth-order valence-electron chi connectivity index (χ4n) is 2.14. The van der Waals surface area contributed by atoms with Gasteiger partial charge < -0.3 is 4.90 Å². The van der Waals surface area contributed by atoms with Gasteiger partial charge in [-0.25, -0.2) is 0 Å². The minimum Gasteiger partial charge on any atom is -0.301 e. The van der Waals surface area contributed by atoms with Crippen molar-refractivity contribution in [1.29, 1.82) is 0 Å². The number of nitrogens with zero attached hydrogens (tertiary/aromatic N) is 1. The number of rotatable bonds is 4. The molecule has 1 aliphatic rings. The van der Waals surface area contributed by atoms with Crippen LogP contribution in [-0.4, -0.2) is 29.8 Å². The number of likely N-dealkylation sites (tertiary alicyclic amines) is 1. The molecule has 1 saturated heterocycles. The van der Waals surface area contributed by atoms with E-state index in [1.165, 1.54) is 25.9 Å². The molecular formula is C12H23NO. The number of piperidine rings is 1. The van der Waals surface area contributed by atoms with Crippen molar-refractivity contribution >= 4 is 5.78 Å². The predicted octanol–water partition coefficient (Wildman–Crippen LogP) is 2.48. The van der Waals surface area contributed by atoms with Crippen LogP contribution < -0.4 is 0 Å². The number of hydrogen-bond donors (Lipinski definition) is 0. The molecule has 0 atom stereocenters. The molecule has 0 spiro atoms. The molecule has 0 aromatic rings. The Kier molecular flexibility index (Phi) is 4.59. The van der Waals surface area contributed by atoms with E-state index in [1.54, 1.807) is 0 Å². The lowest BCUT2D eigenvalue weighted by Crippen LogP contribution is -2.38. The van der Waals surface area contributed by atoms with Gasteiger partial charge in [0.25, 0.3) is 0 Å². The van der Waals surface area contributed by atoms with Gasteiger partial charge in [0, 0.05) is 18.9 Å². The maximum Gasteiger partial charge on any atom is 0.132 e. The Morgan fingerprint density at radius 1 is 1.36 bits per heavy atom. The predicted molar refractivity (Wildman–Crippen MR) is 59.3 cm³/mol. The Morgan fingerprint density at radius 3 is 2.36 bits per heavy atom. The molecule has 1 heterocycles. The first-order chi connectivity index (χ1) is 6.63. The van der Waals surface area contributed by atoms with Crippen LogP contribution in [0.2, 0.25) is 0 Å². The Balaban J connectivity index is 2.25. The summed E-state index contributed by atoms with van der Waals surface area (Å²) in [5.74, 6) is 1.10. The van der Waals surface area contributed by atoms with Crippen molar-refractivity contribution in [1.82, 2.24) is 4.90 Å². The second-order valence-corrected chi connectivity index (χ2v) is 4.67. The molecule has 0 aromatic carbocycles. The Morgan fingerprint density at radius 2 is 1.93 bits per heavy atom. The highest BCUT2D eigenvalue weighted by atomic mass is 16.1. The van der Waals surface area contributed by atoms with Crippen LogP contribution in [-0.2, 0) is 4.79 Å². The Labute approximate surface area is 87.7 Å². The van der Waals surface area contributed by atoms with Crippen LogP contribution in [0.3, 0.4) is 0 Å². The summed E-state index contributed by atoms with van der Waals surface area (Å²) in [6, 6.07) is 0.665. The van der Waals surface area contributed by atoms with E-state index in [4.69, 9.17) is 0 Å². The Hall–Kier alpha value is -0.370. The largest absolute Gasteiger partial charge is 0.301 e. The molecule has 0 radical (unpaired) electrons. The van der Waals surface area contributed by atoms with Gasteiger partial charge in [-0.3, -0.25) is 4.79 Å². The zero-order valence-corrected chi connectivity index (χ0v) is 9.75. The second-order valence-electron chi connectivity index (χ2n) is 4.67. The molecule has 0 amide bonds. The molecule has 1 rings (SSSR count). The quantitative estimate of drug-likeness (QED) is 0.690. The van der Waals surface area contributed by atoms with E-state index in [2.05, 4.69) is 18.7 Å². The van der Waals surface area contributed by atoms with Gasteiger partial charge in [0.1, 0.15) is 5.78 Å². The van der Waals surface area contributed by atoms with Crippen LogP contribution in [0.25, 0.3) is 0 Å². The minimum absolute atomic E-state index is 0.438. The molecule has 82 valence electrons. The molecule has 0 bridgehead atoms. The van der Waals surface area contributed by atoms with E-state index < -0.39 is 0 Å². The third-order valence-corrected chi connectivity index (χ3v) is 3.29. The SMILES string of the molecule is CCC(=O)CC1CCN(C(C)C)CC1. The van der Waals surface area contributed by atoms with Gasteiger partial charge >= 0.3 is 0 Å². The molecule has 0 N–H and O–H groups in total. The first kappa shape index (κ1) is 11.7. The lowest BCUT2D eigenvalue weighted by atomic mass is 9.90. The van der Waals surface area contributed by atoms with Gasteiger partial charge in [-0.15, -0.1) is 0 Å². The summed E-state index contributed by atoms with van der Waals surface area (Å²) in [6.07, 6.45) is 3.96. The van der Waals surface area contributed by atoms with E-state index in [0.717, 1.165) is 6.42 Å². The summed E-state index contributed by atoms with van der Waals surface area (Å²) in [7, 11) is 0. The van der Waals surface area contributed by atoms with Crippen LogP contribution >= 0.6 is 0 Å². The molecule has 0 saturated carbocycles. The van der Waals surface area contributed by atoms with Crippen molar-refractivity contribution in [3.05, 3.63) is 0 Å². The molecule has 0 aromatic heterocycles. The topological polar surface area (TPSA) is 20.3 Å². The first-order valence-electron chi connectivity index (χ1n) is 5.89. The fraction of sp³-hybridized carbons (Fsp3) is 0.917. The molecule has 1 fully saturated rings. The summed E-state index contributed by atoms with van der Waals surface area (Å²) >= 11 is 0. The number of carbonyl (C=O) groups excluding carboxylic acids is 1. The van der Waals surface area contributed by atoms with Gasteiger partial charge in [-0.05, 0) is 45.7 Å². The molecule has 14 heavy (non-hydrogen) atoms. The zero-order valence-electron chi connectivity index (χ0n) is 9.75. The smallest absolute Gasteiger partial charge is 0.132 e. The van der Waals surface area contributed by atoms with E-state index >= 15 is 0 Å². The lowest BCUT2D eigenvalue weighted by Gasteiger charge is -2.34. The van der Waals surface area contributed by atoms with Gasteiger partial charge in [0.2, 0.25) is 0 Å². The van der Waals surface area contributed by atoms with Crippen LogP contribution in [0.5, 0.6) is 0 Å². The van der Waals surface area contributed by atoms with Crippen molar-refractivity contribution in [3.8, 4) is 0 Å². The van der Waals surface area contributed by atoms with Crippen molar-refractivity contribution < 1.29 is 4.79 Å². The highest BCUT2D eigenvalue weighted by Crippen LogP contribution is 2.22. The number of carbonyl (C=O) groups is 1. The Bertz CT molecular complexity index is 181. The molecule has 2 nitrogen and oxygen atoms in total. The average Bonchev–Trinajstić information content (AvgIpc) is 2.18. The van der Waals surface area contributed by atoms with Crippen molar-refractivity contribution in [3.63, 3.8) is 0 Å². The van der Waals surface area contributed by atoms with Gasteiger partial charge in [-0.2, -0.15) is 0 Å². The highest BCUT2D eigenvalue weighted by molar-refractivity contribution is 5.78. The molecule has 2 heteroatoms. The zero-order chi connectivity index (χ0) is 10.6. The van der Waals surface area contributed by atoms with E-state index in [1.807, 2.05) is 6.92 Å². The van der Waals surface area contributed by atoms with Crippen molar-refractivity contribution in [2.45, 2.75) is 52.5 Å². The third-order valence-electron chi connectivity index (χ3n) is 3.29. The standard InChI is InChI=1S/C12H23NO/c1-4-12(14)9-11-5-7-13(8-6-11)10(2)3/h10-11H,4-9H2,1-3H3. The summed E-state index contributed by atoms with van der Waals surface area (Å²) in [5, 5.41) is 0. The maximum absolute atomic E-state index is 11.3. The maximum atomic E-state index is 11.3. The normalized spacial score (nSPS) is 20.3. The van der Waals surface area contributed by atoms with E-state index in [-0.39, 0.29) is 0 Å². The number of ketones is 1. The van der Waals surface area contributed by atoms with E-state index in [9.17, 15) is 4.79 Å². The molecule has 0 aliphatic carbocycles. The van der Waals surface area contributed by atoms with Gasteiger partial charge in [0.05, 0.1) is 0 Å². The monoisotopic (exact) mass is 197 g/mol. The number of hydrogen-bond acceptors (Lipinski definition) is 2. The summed E-state index contributed by atoms with van der Waals surface area (Å²) in [4.78, 5) is 13.8. The van der Waals surface area contributed by atoms with Crippen molar-refractivity contribution in [2.24, 2.45) is 5.92 Å². The summed E-state index contributed by atoms with van der Waals surface area (Å²) < 4.78 is 0. The summed E-state index contributed by atoms with van der Waals surface area (Å²) in [6.45, 7) is 8.82. The summed E-state index contributed by atoms with van der Waals surface area (Å²) in [5.41, 5.74) is 0. The molecule has 1 aliphatic heterocycles. The first-order valence-corrected chi connectivity index (χ1v) is 5.89. The molecular weight excluding hydrogens is 174 g/mol. The van der Waals surface area contributed by atoms with Crippen LogP contribution in [0.1, 0.15) is 46.5 Å². The van der Waals surface area contributed by atoms with Crippen LogP contribution in [0, 0.1) is 5.92 Å². The minimum atomic E-state index is 0.438. The van der Waals surface area contributed by atoms with Crippen molar-refractivity contribution in [2.75, 3.05) is 13.1 Å². The fourth-order valence-corrected chi connectivity index (χ4v) is 2.14. The van der Waals surface area contributed by atoms with Gasteiger partial charge in [0.15, 0.2) is 0 Å². The van der Waals surface area contributed by atoms with Crippen LogP contribution in [0.4, 0.5) is 0 Å². The molecule has 0 unspecified atom stereocenters.